The molecule has 6 heteroatoms. The van der Waals surface area contributed by atoms with Gasteiger partial charge in [0.15, 0.2) is 0 Å². The largest absolute Gasteiger partial charge is 0.318 e. The summed E-state index contributed by atoms with van der Waals surface area (Å²) in [5.74, 6) is 0. The Bertz CT molecular complexity index is 658. The third-order valence-corrected chi connectivity index (χ3v) is 5.29. The molecule has 0 aliphatic carbocycles. The molecule has 132 valence electrons. The molecule has 0 saturated heterocycles. The van der Waals surface area contributed by atoms with Crippen molar-refractivity contribution < 1.29 is 0 Å². The van der Waals surface area contributed by atoms with Gasteiger partial charge in [0.25, 0.3) is 0 Å². The van der Waals surface area contributed by atoms with Gasteiger partial charge in [-0.25, -0.2) is 9.97 Å². The zero-order valence-electron chi connectivity index (χ0n) is 15.2. The highest BCUT2D eigenvalue weighted by Gasteiger charge is 2.07. The average molecular weight is 365 g/mol. The van der Waals surface area contributed by atoms with Gasteiger partial charge in [0.2, 0.25) is 0 Å². The van der Waals surface area contributed by atoms with E-state index in [1.54, 1.807) is 17.7 Å². The summed E-state index contributed by atoms with van der Waals surface area (Å²) in [4.78, 5) is 12.3. The van der Waals surface area contributed by atoms with E-state index >= 15 is 0 Å². The highest BCUT2D eigenvalue weighted by atomic mass is 32.1. The van der Waals surface area contributed by atoms with Crippen LogP contribution in [-0.4, -0.2) is 30.1 Å². The molecule has 3 aromatic rings. The Balaban J connectivity index is 0.000000671. The molecule has 2 N–H and O–H groups in total. The van der Waals surface area contributed by atoms with E-state index in [1.165, 1.54) is 14.6 Å². The first-order valence-corrected chi connectivity index (χ1v) is 10.1. The van der Waals surface area contributed by atoms with E-state index in [4.69, 9.17) is 0 Å². The summed E-state index contributed by atoms with van der Waals surface area (Å²) >= 11 is 3.59. The number of rotatable bonds is 6. The Morgan fingerprint density at radius 3 is 2.50 bits per heavy atom. The zero-order valence-corrected chi connectivity index (χ0v) is 16.9. The summed E-state index contributed by atoms with van der Waals surface area (Å²) in [6.07, 6.45) is 3.48. The quantitative estimate of drug-likeness (QED) is 0.618. The Morgan fingerprint density at radius 2 is 1.79 bits per heavy atom. The third-order valence-electron chi connectivity index (χ3n) is 2.95. The van der Waals surface area contributed by atoms with Crippen molar-refractivity contribution in [1.82, 2.24) is 20.6 Å². The van der Waals surface area contributed by atoms with Crippen LogP contribution in [0.3, 0.4) is 0 Å². The minimum absolute atomic E-state index is 0.928. The second-order valence-electron chi connectivity index (χ2n) is 4.43. The number of hydrogen-bond donors (Lipinski definition) is 2. The second-order valence-corrected chi connectivity index (χ2v) is 6.68. The molecule has 3 heterocycles. The molecule has 3 aromatic heterocycles. The highest BCUT2D eigenvalue weighted by Crippen LogP contribution is 2.36. The van der Waals surface area contributed by atoms with Crippen LogP contribution in [0, 0.1) is 0 Å². The van der Waals surface area contributed by atoms with Gasteiger partial charge in [-0.05, 0) is 25.2 Å². The first kappa shape index (κ1) is 20.7. The first-order valence-electron chi connectivity index (χ1n) is 8.51. The number of aromatic nitrogens is 2. The molecular formula is C18H28N4S2. The topological polar surface area (TPSA) is 49.8 Å². The molecule has 3 rings (SSSR count). The van der Waals surface area contributed by atoms with Gasteiger partial charge in [0, 0.05) is 40.5 Å². The molecule has 0 spiro atoms. The smallest absolute Gasteiger partial charge is 0.116 e. The van der Waals surface area contributed by atoms with Crippen LogP contribution in [0.1, 0.15) is 32.6 Å². The number of nitrogens with one attached hydrogen (secondary N) is 2. The van der Waals surface area contributed by atoms with E-state index < -0.39 is 0 Å². The summed E-state index contributed by atoms with van der Waals surface area (Å²) in [6.45, 7) is 10.9. The van der Waals surface area contributed by atoms with E-state index in [0.717, 1.165) is 29.9 Å². The van der Waals surface area contributed by atoms with Gasteiger partial charge in [-0.3, -0.25) is 0 Å². The molecule has 0 unspecified atom stereocenters. The summed E-state index contributed by atoms with van der Waals surface area (Å²) in [5, 5.41) is 6.55. The van der Waals surface area contributed by atoms with E-state index in [1.807, 2.05) is 52.3 Å². The number of thiophene rings is 2. The van der Waals surface area contributed by atoms with Gasteiger partial charge in [-0.2, -0.15) is 0 Å². The molecule has 0 amide bonds. The van der Waals surface area contributed by atoms with Crippen LogP contribution in [0.5, 0.6) is 0 Å². The summed E-state index contributed by atoms with van der Waals surface area (Å²) in [7, 11) is 1.97. The fourth-order valence-corrected chi connectivity index (χ4v) is 3.98. The molecule has 0 radical (unpaired) electrons. The molecule has 4 nitrogen and oxygen atoms in total. The lowest BCUT2D eigenvalue weighted by molar-refractivity contribution is 0.655. The fourth-order valence-electron chi connectivity index (χ4n) is 1.94. The molecule has 0 aromatic carbocycles. The summed E-state index contributed by atoms with van der Waals surface area (Å²) in [5.41, 5.74) is 1.03. The first-order chi connectivity index (χ1) is 11.9. The predicted molar refractivity (Wildman–Crippen MR) is 109 cm³/mol. The normalized spacial score (nSPS) is 9.88. The van der Waals surface area contributed by atoms with Crippen LogP contribution < -0.4 is 10.6 Å². The minimum atomic E-state index is 0.928. The zero-order chi connectivity index (χ0) is 17.8. The predicted octanol–water partition coefficient (Wildman–Crippen LogP) is 4.78. The maximum absolute atomic E-state index is 4.29. The number of nitrogens with zero attached hydrogens (tertiary/aromatic N) is 2. The van der Waals surface area contributed by atoms with Crippen LogP contribution in [-0.2, 0) is 6.54 Å². The van der Waals surface area contributed by atoms with Gasteiger partial charge >= 0.3 is 0 Å². The van der Waals surface area contributed by atoms with E-state index in [0.29, 0.717) is 0 Å². The SMILES string of the molecule is CC.CC.CNCCNCc1ccc(-c2cc3ncncc3s2)s1. The average Bonchev–Trinajstić information content (AvgIpc) is 3.29. The van der Waals surface area contributed by atoms with Gasteiger partial charge in [-0.15, -0.1) is 22.7 Å². The molecule has 24 heavy (non-hydrogen) atoms. The molecule has 0 fully saturated rings. The maximum Gasteiger partial charge on any atom is 0.116 e. The van der Waals surface area contributed by atoms with Crippen molar-refractivity contribution in [3.8, 4) is 9.75 Å². The highest BCUT2D eigenvalue weighted by molar-refractivity contribution is 7.26. The Labute approximate surface area is 153 Å². The van der Waals surface area contributed by atoms with Crippen LogP contribution in [0.15, 0.2) is 30.7 Å². The van der Waals surface area contributed by atoms with Gasteiger partial charge < -0.3 is 10.6 Å². The van der Waals surface area contributed by atoms with Crippen molar-refractivity contribution in [3.05, 3.63) is 35.6 Å². The lowest BCUT2D eigenvalue weighted by Crippen LogP contribution is -2.24. The lowest BCUT2D eigenvalue weighted by Gasteiger charge is -2.01. The van der Waals surface area contributed by atoms with Crippen molar-refractivity contribution in [2.24, 2.45) is 0 Å². The van der Waals surface area contributed by atoms with E-state index in [9.17, 15) is 0 Å². The van der Waals surface area contributed by atoms with E-state index in [2.05, 4.69) is 38.8 Å². The van der Waals surface area contributed by atoms with Crippen molar-refractivity contribution in [3.63, 3.8) is 0 Å². The molecule has 0 atom stereocenters. The molecule has 0 aliphatic heterocycles. The van der Waals surface area contributed by atoms with Crippen LogP contribution in [0.4, 0.5) is 0 Å². The lowest BCUT2D eigenvalue weighted by atomic mass is 10.3. The van der Waals surface area contributed by atoms with Gasteiger partial charge in [0.1, 0.15) is 6.33 Å². The summed E-state index contributed by atoms with van der Waals surface area (Å²) in [6, 6.07) is 6.53. The molecule has 0 saturated carbocycles. The van der Waals surface area contributed by atoms with Crippen molar-refractivity contribution in [2.45, 2.75) is 34.2 Å². The second kappa shape index (κ2) is 12.1. The Hall–Kier alpha value is -1.34. The molecule has 0 bridgehead atoms. The standard InChI is InChI=1S/C14H16N4S2.2C2H6/c1-15-4-5-16-7-10-2-3-12(19-10)13-6-11-14(20-13)8-17-9-18-11;2*1-2/h2-3,6,8-9,15-16H,4-5,7H2,1H3;2*1-2H3. The monoisotopic (exact) mass is 364 g/mol. The van der Waals surface area contributed by atoms with Crippen molar-refractivity contribution >= 4 is 32.9 Å². The van der Waals surface area contributed by atoms with Gasteiger partial charge in [0.05, 0.1) is 10.2 Å². The van der Waals surface area contributed by atoms with Crippen molar-refractivity contribution in [2.75, 3.05) is 20.1 Å². The number of likely N-dealkylation sites (N-methyl/N-ethyl adjacent to an activating group) is 1. The van der Waals surface area contributed by atoms with Crippen LogP contribution in [0.2, 0.25) is 0 Å². The Kier molecular flexibility index (Phi) is 10.4. The summed E-state index contributed by atoms with van der Waals surface area (Å²) < 4.78 is 1.14. The van der Waals surface area contributed by atoms with Crippen LogP contribution in [0.25, 0.3) is 20.0 Å². The number of hydrogen-bond acceptors (Lipinski definition) is 6. The molecular weight excluding hydrogens is 336 g/mol. The van der Waals surface area contributed by atoms with Crippen molar-refractivity contribution in [1.29, 1.82) is 0 Å². The maximum atomic E-state index is 4.29. The minimum Gasteiger partial charge on any atom is -0.318 e. The molecule has 0 aliphatic rings. The number of fused-ring (bicyclic) bond motifs is 1. The van der Waals surface area contributed by atoms with Crippen LogP contribution >= 0.6 is 22.7 Å². The fraction of sp³-hybridized carbons (Fsp3) is 0.444. The van der Waals surface area contributed by atoms with Gasteiger partial charge in [-0.1, -0.05) is 27.7 Å². The third kappa shape index (κ3) is 5.94. The van der Waals surface area contributed by atoms with E-state index in [-0.39, 0.29) is 0 Å². The Morgan fingerprint density at radius 1 is 1.00 bits per heavy atom.